The predicted octanol–water partition coefficient (Wildman–Crippen LogP) is 3.19. The molecule has 0 bridgehead atoms. The van der Waals surface area contributed by atoms with Gasteiger partial charge in [0.05, 0.1) is 11.3 Å². The lowest BCUT2D eigenvalue weighted by molar-refractivity contribution is 0.0960. The Labute approximate surface area is 136 Å². The lowest BCUT2D eigenvalue weighted by atomic mass is 10.0. The molecule has 1 aromatic carbocycles. The number of amides is 1. The number of nitrogens with one attached hydrogen (secondary N) is 1. The molecule has 3 rings (SSSR count). The number of carbonyl (C=O) groups excluding carboxylic acids is 2. The fourth-order valence-corrected chi connectivity index (χ4v) is 2.93. The third kappa shape index (κ3) is 3.07. The Morgan fingerprint density at radius 2 is 1.96 bits per heavy atom. The minimum Gasteiger partial charge on any atom is -0.359 e. The molecule has 116 valence electrons. The number of aromatic nitrogens is 1. The van der Waals surface area contributed by atoms with Crippen LogP contribution in [-0.4, -0.2) is 23.9 Å². The molecule has 0 unspecified atom stereocenters. The summed E-state index contributed by atoms with van der Waals surface area (Å²) in [6.07, 6.45) is 0.00308. The van der Waals surface area contributed by atoms with E-state index in [4.69, 9.17) is 4.52 Å². The monoisotopic (exact) mass is 326 g/mol. The van der Waals surface area contributed by atoms with Gasteiger partial charge in [0.2, 0.25) is 0 Å². The van der Waals surface area contributed by atoms with E-state index in [0.717, 1.165) is 5.56 Å². The van der Waals surface area contributed by atoms with Crippen molar-refractivity contribution in [3.63, 3.8) is 0 Å². The zero-order chi connectivity index (χ0) is 16.2. The van der Waals surface area contributed by atoms with Crippen LogP contribution in [0.3, 0.4) is 0 Å². The molecule has 1 amide bonds. The van der Waals surface area contributed by atoms with Crippen molar-refractivity contribution in [3.8, 4) is 11.3 Å². The maximum Gasteiger partial charge on any atom is 0.256 e. The highest BCUT2D eigenvalue weighted by molar-refractivity contribution is 7.12. The van der Waals surface area contributed by atoms with Crippen LogP contribution in [0.15, 0.2) is 52.4 Å². The molecule has 0 aliphatic carbocycles. The Morgan fingerprint density at radius 1 is 1.17 bits per heavy atom. The molecule has 0 radical (unpaired) electrons. The fourth-order valence-electron chi connectivity index (χ4n) is 2.27. The van der Waals surface area contributed by atoms with E-state index in [-0.39, 0.29) is 23.9 Å². The molecule has 0 aliphatic rings. The molecular weight excluding hydrogens is 312 g/mol. The summed E-state index contributed by atoms with van der Waals surface area (Å²) >= 11 is 1.36. The molecule has 1 N–H and O–H groups in total. The van der Waals surface area contributed by atoms with Crippen molar-refractivity contribution in [1.82, 2.24) is 10.5 Å². The second-order valence-corrected chi connectivity index (χ2v) is 5.80. The topological polar surface area (TPSA) is 72.2 Å². The molecule has 2 aromatic heterocycles. The standard InChI is InChI=1S/C17H14N2O3S/c1-18-17(21)15-13(10-12(20)14-8-5-9-23-14)22-19-16(15)11-6-3-2-4-7-11/h2-9H,10H2,1H3,(H,18,21). The van der Waals surface area contributed by atoms with Gasteiger partial charge < -0.3 is 9.84 Å². The molecule has 5 nitrogen and oxygen atoms in total. The Morgan fingerprint density at radius 3 is 2.61 bits per heavy atom. The van der Waals surface area contributed by atoms with Gasteiger partial charge in [-0.2, -0.15) is 0 Å². The highest BCUT2D eigenvalue weighted by atomic mass is 32.1. The molecule has 0 fully saturated rings. The summed E-state index contributed by atoms with van der Waals surface area (Å²) in [4.78, 5) is 25.1. The molecule has 0 atom stereocenters. The number of ketones is 1. The van der Waals surface area contributed by atoms with Gasteiger partial charge >= 0.3 is 0 Å². The van der Waals surface area contributed by atoms with Gasteiger partial charge in [-0.25, -0.2) is 0 Å². The summed E-state index contributed by atoms with van der Waals surface area (Å²) < 4.78 is 5.31. The third-order valence-corrected chi connectivity index (χ3v) is 4.29. The van der Waals surface area contributed by atoms with Gasteiger partial charge in [0.15, 0.2) is 11.5 Å². The maximum atomic E-state index is 12.3. The van der Waals surface area contributed by atoms with E-state index >= 15 is 0 Å². The second kappa shape index (κ2) is 6.58. The van der Waals surface area contributed by atoms with Crippen LogP contribution in [0.1, 0.15) is 25.8 Å². The second-order valence-electron chi connectivity index (χ2n) is 4.85. The number of hydrogen-bond donors (Lipinski definition) is 1. The average molecular weight is 326 g/mol. The Hall–Kier alpha value is -2.73. The van der Waals surface area contributed by atoms with Crippen LogP contribution in [0.2, 0.25) is 0 Å². The molecule has 0 saturated heterocycles. The average Bonchev–Trinajstić information content (AvgIpc) is 3.25. The lowest BCUT2D eigenvalue weighted by Crippen LogP contribution is -2.20. The van der Waals surface area contributed by atoms with Gasteiger partial charge in [0, 0.05) is 12.6 Å². The summed E-state index contributed by atoms with van der Waals surface area (Å²) in [6.45, 7) is 0. The third-order valence-electron chi connectivity index (χ3n) is 3.38. The van der Waals surface area contributed by atoms with E-state index in [1.807, 2.05) is 41.8 Å². The smallest absolute Gasteiger partial charge is 0.256 e. The Kier molecular flexibility index (Phi) is 4.34. The van der Waals surface area contributed by atoms with E-state index < -0.39 is 0 Å². The SMILES string of the molecule is CNC(=O)c1c(-c2ccccc2)noc1CC(=O)c1cccs1. The van der Waals surface area contributed by atoms with Gasteiger partial charge in [-0.1, -0.05) is 41.6 Å². The van der Waals surface area contributed by atoms with Gasteiger partial charge in [0.25, 0.3) is 5.91 Å². The quantitative estimate of drug-likeness (QED) is 0.731. The van der Waals surface area contributed by atoms with Crippen molar-refractivity contribution >= 4 is 23.0 Å². The van der Waals surface area contributed by atoms with Crippen LogP contribution in [-0.2, 0) is 6.42 Å². The van der Waals surface area contributed by atoms with Crippen molar-refractivity contribution < 1.29 is 14.1 Å². The van der Waals surface area contributed by atoms with Crippen LogP contribution in [0, 0.1) is 0 Å². The number of rotatable bonds is 5. The largest absolute Gasteiger partial charge is 0.359 e. The molecule has 3 aromatic rings. The van der Waals surface area contributed by atoms with Gasteiger partial charge in [0.1, 0.15) is 11.3 Å². The zero-order valence-corrected chi connectivity index (χ0v) is 13.2. The molecule has 0 aliphatic heterocycles. The number of thiophene rings is 1. The molecule has 23 heavy (non-hydrogen) atoms. The van der Waals surface area contributed by atoms with E-state index in [0.29, 0.717) is 16.1 Å². The molecule has 0 spiro atoms. The first kappa shape index (κ1) is 15.2. The highest BCUT2D eigenvalue weighted by Crippen LogP contribution is 2.26. The Bertz CT molecular complexity index is 823. The maximum absolute atomic E-state index is 12.3. The van der Waals surface area contributed by atoms with Crippen LogP contribution >= 0.6 is 11.3 Å². The van der Waals surface area contributed by atoms with E-state index in [2.05, 4.69) is 10.5 Å². The first-order valence-corrected chi connectivity index (χ1v) is 7.91. The summed E-state index contributed by atoms with van der Waals surface area (Å²) in [5.74, 6) is -0.137. The number of hydrogen-bond acceptors (Lipinski definition) is 5. The minimum atomic E-state index is -0.320. The molecule has 0 saturated carbocycles. The van der Waals surface area contributed by atoms with Crippen molar-refractivity contribution in [2.75, 3.05) is 7.05 Å². The van der Waals surface area contributed by atoms with Crippen LogP contribution in [0.4, 0.5) is 0 Å². The molecule has 6 heteroatoms. The molecule has 2 heterocycles. The first-order valence-electron chi connectivity index (χ1n) is 7.03. The van der Waals surface area contributed by atoms with Crippen molar-refractivity contribution in [2.45, 2.75) is 6.42 Å². The van der Waals surface area contributed by atoms with Gasteiger partial charge in [-0.05, 0) is 11.4 Å². The summed E-state index contributed by atoms with van der Waals surface area (Å²) in [6, 6.07) is 12.8. The normalized spacial score (nSPS) is 10.5. The Balaban J connectivity index is 1.99. The predicted molar refractivity (Wildman–Crippen MR) is 87.7 cm³/mol. The number of benzene rings is 1. The first-order chi connectivity index (χ1) is 11.2. The molecular formula is C17H14N2O3S. The summed E-state index contributed by atoms with van der Waals surface area (Å²) in [5.41, 5.74) is 1.52. The zero-order valence-electron chi connectivity index (χ0n) is 12.4. The van der Waals surface area contributed by atoms with Crippen LogP contribution in [0.25, 0.3) is 11.3 Å². The highest BCUT2D eigenvalue weighted by Gasteiger charge is 2.25. The van der Waals surface area contributed by atoms with E-state index in [1.54, 1.807) is 6.07 Å². The van der Waals surface area contributed by atoms with E-state index in [9.17, 15) is 9.59 Å². The van der Waals surface area contributed by atoms with Crippen LogP contribution in [0.5, 0.6) is 0 Å². The number of nitrogens with zero attached hydrogens (tertiary/aromatic N) is 1. The lowest BCUT2D eigenvalue weighted by Gasteiger charge is -2.02. The number of Topliss-reactive ketones (excluding diaryl/α,β-unsaturated/α-hetero) is 1. The van der Waals surface area contributed by atoms with Gasteiger partial charge in [-0.15, -0.1) is 11.3 Å². The van der Waals surface area contributed by atoms with Crippen molar-refractivity contribution in [3.05, 3.63) is 64.0 Å². The summed E-state index contributed by atoms with van der Waals surface area (Å²) in [7, 11) is 1.54. The van der Waals surface area contributed by atoms with E-state index in [1.165, 1.54) is 18.4 Å². The van der Waals surface area contributed by atoms with Crippen molar-refractivity contribution in [1.29, 1.82) is 0 Å². The minimum absolute atomic E-state index is 0.00308. The van der Waals surface area contributed by atoms with Crippen molar-refractivity contribution in [2.24, 2.45) is 0 Å². The van der Waals surface area contributed by atoms with Crippen LogP contribution < -0.4 is 5.32 Å². The van der Waals surface area contributed by atoms with Gasteiger partial charge in [-0.3, -0.25) is 9.59 Å². The number of carbonyl (C=O) groups is 2. The summed E-state index contributed by atoms with van der Waals surface area (Å²) in [5, 5.41) is 8.42. The fraction of sp³-hybridized carbons (Fsp3) is 0.118.